The van der Waals surface area contributed by atoms with E-state index in [0.717, 1.165) is 15.8 Å². The van der Waals surface area contributed by atoms with Crippen LogP contribution < -0.4 is 19.0 Å². The maximum Gasteiger partial charge on any atom is 0.279 e. The van der Waals surface area contributed by atoms with E-state index in [2.05, 4.69) is 9.71 Å². The van der Waals surface area contributed by atoms with Gasteiger partial charge in [0.15, 0.2) is 16.3 Å². The van der Waals surface area contributed by atoms with Gasteiger partial charge in [-0.2, -0.15) is 4.99 Å². The standard InChI is InChI=1S/C26H27N3O6S2/c1-17-8-10-20(11-9-17)37(31,32)28-19-7-5-6-18(14-19)25(30)27-26-29(12-13-33-2)21-15-22(34-3)23(35-4)16-24(21)36-26/h5-11,14-16,28H,12-13H2,1-4H3. The zero-order valence-electron chi connectivity index (χ0n) is 20.8. The van der Waals surface area contributed by atoms with Gasteiger partial charge in [-0.3, -0.25) is 9.52 Å². The first-order valence-corrected chi connectivity index (χ1v) is 13.6. The van der Waals surface area contributed by atoms with Gasteiger partial charge in [-0.25, -0.2) is 8.42 Å². The Morgan fingerprint density at radius 3 is 2.38 bits per heavy atom. The van der Waals surface area contributed by atoms with E-state index < -0.39 is 15.9 Å². The molecule has 0 aliphatic heterocycles. The molecule has 1 aromatic heterocycles. The third kappa shape index (κ3) is 5.85. The van der Waals surface area contributed by atoms with Crippen molar-refractivity contribution in [2.24, 2.45) is 4.99 Å². The molecule has 1 amide bonds. The predicted molar refractivity (Wildman–Crippen MR) is 143 cm³/mol. The van der Waals surface area contributed by atoms with E-state index in [4.69, 9.17) is 14.2 Å². The average molecular weight is 542 g/mol. The van der Waals surface area contributed by atoms with Gasteiger partial charge >= 0.3 is 0 Å². The van der Waals surface area contributed by atoms with Crippen molar-refractivity contribution in [3.05, 3.63) is 76.6 Å². The lowest BCUT2D eigenvalue weighted by Crippen LogP contribution is -2.19. The third-order valence-electron chi connectivity index (χ3n) is 5.60. The van der Waals surface area contributed by atoms with E-state index in [9.17, 15) is 13.2 Å². The summed E-state index contributed by atoms with van der Waals surface area (Å²) < 4.78 is 46.9. The SMILES string of the molecule is COCCn1c(=NC(=O)c2cccc(NS(=O)(=O)c3ccc(C)cc3)c2)sc2cc(OC)c(OC)cc21. The lowest BCUT2D eigenvalue weighted by molar-refractivity contribution is 0.0997. The summed E-state index contributed by atoms with van der Waals surface area (Å²) in [6, 6.07) is 16.4. The molecule has 4 rings (SSSR count). The molecule has 1 N–H and O–H groups in total. The normalized spacial score (nSPS) is 12.1. The molecule has 0 saturated heterocycles. The highest BCUT2D eigenvalue weighted by atomic mass is 32.2. The van der Waals surface area contributed by atoms with Crippen LogP contribution in [0, 0.1) is 6.92 Å². The molecule has 1 heterocycles. The first-order chi connectivity index (χ1) is 17.7. The van der Waals surface area contributed by atoms with Crippen LogP contribution in [-0.4, -0.2) is 46.8 Å². The van der Waals surface area contributed by atoms with Crippen molar-refractivity contribution in [3.8, 4) is 11.5 Å². The van der Waals surface area contributed by atoms with Gasteiger partial charge in [-0.15, -0.1) is 0 Å². The number of ether oxygens (including phenoxy) is 3. The number of fused-ring (bicyclic) bond motifs is 1. The number of aromatic nitrogens is 1. The molecular weight excluding hydrogens is 514 g/mol. The number of hydrogen-bond donors (Lipinski definition) is 1. The van der Waals surface area contributed by atoms with Crippen LogP contribution in [0.25, 0.3) is 10.2 Å². The second-order valence-electron chi connectivity index (χ2n) is 8.12. The zero-order chi connectivity index (χ0) is 26.6. The molecule has 9 nitrogen and oxygen atoms in total. The molecule has 3 aromatic carbocycles. The highest BCUT2D eigenvalue weighted by Crippen LogP contribution is 2.33. The van der Waals surface area contributed by atoms with Crippen LogP contribution in [0.3, 0.4) is 0 Å². The van der Waals surface area contributed by atoms with E-state index in [-0.39, 0.29) is 16.1 Å². The Hall–Kier alpha value is -3.67. The van der Waals surface area contributed by atoms with Gasteiger partial charge in [-0.1, -0.05) is 35.1 Å². The number of thiazole rings is 1. The molecule has 0 aliphatic carbocycles. The summed E-state index contributed by atoms with van der Waals surface area (Å²) in [7, 11) is 0.911. The highest BCUT2D eigenvalue weighted by molar-refractivity contribution is 7.92. The van der Waals surface area contributed by atoms with E-state index in [1.807, 2.05) is 23.6 Å². The lowest BCUT2D eigenvalue weighted by atomic mass is 10.2. The summed E-state index contributed by atoms with van der Waals surface area (Å²) in [5.41, 5.74) is 2.29. The number of nitrogens with zero attached hydrogens (tertiary/aromatic N) is 2. The fourth-order valence-electron chi connectivity index (χ4n) is 3.68. The molecule has 0 radical (unpaired) electrons. The van der Waals surface area contributed by atoms with Gasteiger partial charge in [0, 0.05) is 37.0 Å². The summed E-state index contributed by atoms with van der Waals surface area (Å²) in [5.74, 6) is 0.625. The van der Waals surface area contributed by atoms with E-state index >= 15 is 0 Å². The fraction of sp³-hybridized carbons (Fsp3) is 0.231. The number of carbonyl (C=O) groups is 1. The van der Waals surface area contributed by atoms with Crippen molar-refractivity contribution in [2.45, 2.75) is 18.4 Å². The number of rotatable bonds is 9. The van der Waals surface area contributed by atoms with Gasteiger partial charge in [-0.05, 0) is 37.3 Å². The minimum atomic E-state index is -3.81. The fourth-order valence-corrected chi connectivity index (χ4v) is 5.79. The molecule has 0 spiro atoms. The molecule has 194 valence electrons. The van der Waals surface area contributed by atoms with Gasteiger partial charge < -0.3 is 18.8 Å². The van der Waals surface area contributed by atoms with Crippen molar-refractivity contribution < 1.29 is 27.4 Å². The van der Waals surface area contributed by atoms with E-state index in [0.29, 0.717) is 29.5 Å². The second kappa shape index (κ2) is 11.2. The van der Waals surface area contributed by atoms with Crippen molar-refractivity contribution in [2.75, 3.05) is 32.7 Å². The van der Waals surface area contributed by atoms with Gasteiger partial charge in [0.05, 0.1) is 35.9 Å². The monoisotopic (exact) mass is 541 g/mol. The number of benzene rings is 3. The number of carbonyl (C=O) groups excluding carboxylic acids is 1. The van der Waals surface area contributed by atoms with Crippen LogP contribution in [0.15, 0.2) is 70.6 Å². The van der Waals surface area contributed by atoms with Crippen molar-refractivity contribution in [1.82, 2.24) is 4.57 Å². The van der Waals surface area contributed by atoms with Crippen LogP contribution >= 0.6 is 11.3 Å². The Balaban J connectivity index is 1.70. The molecule has 4 aromatic rings. The number of anilines is 1. The molecule has 0 bridgehead atoms. The highest BCUT2D eigenvalue weighted by Gasteiger charge is 2.16. The smallest absolute Gasteiger partial charge is 0.279 e. The van der Waals surface area contributed by atoms with Crippen LogP contribution in [-0.2, 0) is 21.3 Å². The molecule has 0 unspecified atom stereocenters. The summed E-state index contributed by atoms with van der Waals surface area (Å²) in [5, 5.41) is 0. The first kappa shape index (κ1) is 26.4. The largest absolute Gasteiger partial charge is 0.493 e. The Morgan fingerprint density at radius 2 is 1.70 bits per heavy atom. The van der Waals surface area contributed by atoms with Crippen molar-refractivity contribution >= 4 is 43.2 Å². The maximum absolute atomic E-state index is 13.2. The molecule has 0 aliphatic rings. The molecule has 11 heteroatoms. The second-order valence-corrected chi connectivity index (χ2v) is 10.8. The summed E-state index contributed by atoms with van der Waals surface area (Å²) in [6.45, 7) is 2.76. The maximum atomic E-state index is 13.2. The number of hydrogen-bond acceptors (Lipinski definition) is 7. The summed E-state index contributed by atoms with van der Waals surface area (Å²) >= 11 is 1.33. The number of nitrogens with one attached hydrogen (secondary N) is 1. The Kier molecular flexibility index (Phi) is 7.96. The number of aryl methyl sites for hydroxylation is 1. The minimum absolute atomic E-state index is 0.134. The Morgan fingerprint density at radius 1 is 1.00 bits per heavy atom. The minimum Gasteiger partial charge on any atom is -0.493 e. The molecule has 0 fully saturated rings. The van der Waals surface area contributed by atoms with Crippen molar-refractivity contribution in [3.63, 3.8) is 0 Å². The quantitative estimate of drug-likeness (QED) is 0.340. The Bertz CT molecular complexity index is 1610. The van der Waals surface area contributed by atoms with E-state index in [1.165, 1.54) is 29.5 Å². The number of amides is 1. The number of sulfonamides is 1. The lowest BCUT2D eigenvalue weighted by Gasteiger charge is -2.09. The molecule has 37 heavy (non-hydrogen) atoms. The van der Waals surface area contributed by atoms with Crippen LogP contribution in [0.2, 0.25) is 0 Å². The zero-order valence-corrected chi connectivity index (χ0v) is 22.5. The number of methoxy groups -OCH3 is 3. The van der Waals surface area contributed by atoms with Crippen LogP contribution in [0.4, 0.5) is 5.69 Å². The van der Waals surface area contributed by atoms with Gasteiger partial charge in [0.25, 0.3) is 15.9 Å². The first-order valence-electron chi connectivity index (χ1n) is 11.3. The van der Waals surface area contributed by atoms with Crippen LogP contribution in [0.5, 0.6) is 11.5 Å². The molecule has 0 saturated carbocycles. The average Bonchev–Trinajstić information content (AvgIpc) is 3.22. The van der Waals surface area contributed by atoms with Gasteiger partial charge in [0.2, 0.25) is 0 Å². The molecule has 0 atom stereocenters. The molecular formula is C26H27N3O6S2. The predicted octanol–water partition coefficient (Wildman–Crippen LogP) is 4.22. The summed E-state index contributed by atoms with van der Waals surface area (Å²) in [4.78, 5) is 18.1. The topological polar surface area (TPSA) is 108 Å². The van der Waals surface area contributed by atoms with Crippen molar-refractivity contribution in [1.29, 1.82) is 0 Å². The van der Waals surface area contributed by atoms with E-state index in [1.54, 1.807) is 51.7 Å². The van der Waals surface area contributed by atoms with Crippen LogP contribution in [0.1, 0.15) is 15.9 Å². The van der Waals surface area contributed by atoms with Gasteiger partial charge in [0.1, 0.15) is 0 Å². The summed E-state index contributed by atoms with van der Waals surface area (Å²) in [6.07, 6.45) is 0. The Labute approximate surface area is 219 Å². The third-order valence-corrected chi connectivity index (χ3v) is 8.04.